The van der Waals surface area contributed by atoms with Crippen LogP contribution in [0.15, 0.2) is 36.8 Å². The Bertz CT molecular complexity index is 584. The third-order valence-corrected chi connectivity index (χ3v) is 3.14. The van der Waals surface area contributed by atoms with Crippen molar-refractivity contribution in [2.75, 3.05) is 0 Å². The van der Waals surface area contributed by atoms with Crippen LogP contribution in [-0.2, 0) is 13.1 Å². The van der Waals surface area contributed by atoms with Crippen LogP contribution in [0.2, 0.25) is 0 Å². The average Bonchev–Trinajstić information content (AvgIpc) is 2.81. The fraction of sp³-hybridized carbons (Fsp3) is 0.214. The summed E-state index contributed by atoms with van der Waals surface area (Å²) in [6.45, 7) is 3.16. The Hall–Kier alpha value is -2.23. The van der Waals surface area contributed by atoms with Crippen LogP contribution in [0.25, 0.3) is 0 Å². The predicted molar refractivity (Wildman–Crippen MR) is 66.8 cm³/mol. The number of hydrogen-bond acceptors (Lipinski definition) is 3. The summed E-state index contributed by atoms with van der Waals surface area (Å²) in [6, 6.07) is 7.66. The molecule has 0 unspecified atom stereocenters. The van der Waals surface area contributed by atoms with Gasteiger partial charge in [0, 0.05) is 23.9 Å². The fourth-order valence-corrected chi connectivity index (χ4v) is 2.20. The molecule has 1 aliphatic heterocycles. The van der Waals surface area contributed by atoms with Gasteiger partial charge in [0.25, 0.3) is 5.91 Å². The minimum absolute atomic E-state index is 0.0525. The van der Waals surface area contributed by atoms with E-state index in [1.165, 1.54) is 6.33 Å². The molecule has 0 saturated carbocycles. The second kappa shape index (κ2) is 4.22. The quantitative estimate of drug-likeness (QED) is 0.764. The lowest BCUT2D eigenvalue weighted by atomic mass is 10.1. The van der Waals surface area contributed by atoms with Crippen LogP contribution in [0, 0.1) is 6.92 Å². The maximum Gasteiger partial charge on any atom is 0.254 e. The highest BCUT2D eigenvalue weighted by molar-refractivity contribution is 5.94. The molecule has 0 aliphatic carbocycles. The maximum atomic E-state index is 12.3. The zero-order valence-corrected chi connectivity index (χ0v) is 10.1. The van der Waals surface area contributed by atoms with Crippen molar-refractivity contribution in [1.82, 2.24) is 14.9 Å². The summed E-state index contributed by atoms with van der Waals surface area (Å²) in [5.74, 6) is 0.0525. The molecule has 3 rings (SSSR count). The third kappa shape index (κ3) is 1.86. The topological polar surface area (TPSA) is 46.1 Å². The van der Waals surface area contributed by atoms with E-state index in [0.29, 0.717) is 13.1 Å². The van der Waals surface area contributed by atoms with E-state index in [1.807, 2.05) is 31.2 Å². The normalized spacial score (nSPS) is 13.5. The van der Waals surface area contributed by atoms with Gasteiger partial charge in [-0.05, 0) is 19.1 Å². The first-order valence-electron chi connectivity index (χ1n) is 5.88. The number of nitrogens with zero attached hydrogens (tertiary/aromatic N) is 3. The summed E-state index contributed by atoms with van der Waals surface area (Å²) in [4.78, 5) is 22.3. The fourth-order valence-electron chi connectivity index (χ4n) is 2.20. The number of rotatable bonds is 1. The lowest BCUT2D eigenvalue weighted by Gasteiger charge is -2.15. The van der Waals surface area contributed by atoms with Gasteiger partial charge in [0.2, 0.25) is 0 Å². The zero-order chi connectivity index (χ0) is 12.5. The second-order valence-electron chi connectivity index (χ2n) is 4.53. The Labute approximate surface area is 105 Å². The van der Waals surface area contributed by atoms with Crippen molar-refractivity contribution in [3.63, 3.8) is 0 Å². The molecule has 1 amide bonds. The van der Waals surface area contributed by atoms with Gasteiger partial charge in [0.1, 0.15) is 6.33 Å². The van der Waals surface area contributed by atoms with Crippen LogP contribution in [0.4, 0.5) is 0 Å². The smallest absolute Gasteiger partial charge is 0.254 e. The first kappa shape index (κ1) is 10.9. The minimum atomic E-state index is 0.0525. The van der Waals surface area contributed by atoms with Crippen molar-refractivity contribution in [2.45, 2.75) is 20.0 Å². The zero-order valence-electron chi connectivity index (χ0n) is 10.1. The number of amides is 1. The van der Waals surface area contributed by atoms with Crippen LogP contribution < -0.4 is 0 Å². The van der Waals surface area contributed by atoms with E-state index in [1.54, 1.807) is 11.1 Å². The highest BCUT2D eigenvalue weighted by Gasteiger charge is 2.25. The Balaban J connectivity index is 1.84. The molecule has 1 aromatic heterocycles. The van der Waals surface area contributed by atoms with Crippen LogP contribution in [-0.4, -0.2) is 20.8 Å². The molecule has 0 atom stereocenters. The number of fused-ring (bicyclic) bond motifs is 1. The van der Waals surface area contributed by atoms with E-state index in [2.05, 4.69) is 9.97 Å². The van der Waals surface area contributed by atoms with E-state index in [0.717, 1.165) is 22.4 Å². The van der Waals surface area contributed by atoms with Crippen LogP contribution in [0.1, 0.15) is 27.2 Å². The van der Waals surface area contributed by atoms with Crippen molar-refractivity contribution < 1.29 is 4.79 Å². The van der Waals surface area contributed by atoms with E-state index >= 15 is 0 Å². The van der Waals surface area contributed by atoms with Crippen LogP contribution in [0.3, 0.4) is 0 Å². The van der Waals surface area contributed by atoms with Gasteiger partial charge in [-0.25, -0.2) is 9.97 Å². The molecule has 4 heteroatoms. The molecule has 2 heterocycles. The van der Waals surface area contributed by atoms with Crippen LogP contribution in [0.5, 0.6) is 0 Å². The Kier molecular flexibility index (Phi) is 2.55. The van der Waals surface area contributed by atoms with Crippen molar-refractivity contribution in [2.24, 2.45) is 0 Å². The van der Waals surface area contributed by atoms with Gasteiger partial charge in [0.05, 0.1) is 12.2 Å². The predicted octanol–water partition coefficient (Wildman–Crippen LogP) is 1.94. The number of benzene rings is 1. The molecule has 18 heavy (non-hydrogen) atoms. The number of aryl methyl sites for hydroxylation is 1. The summed E-state index contributed by atoms with van der Waals surface area (Å²) in [5.41, 5.74) is 3.82. The highest BCUT2D eigenvalue weighted by atomic mass is 16.2. The number of hydrogen-bond donors (Lipinski definition) is 0. The molecule has 0 spiro atoms. The summed E-state index contributed by atoms with van der Waals surface area (Å²) in [6.07, 6.45) is 3.31. The van der Waals surface area contributed by atoms with E-state index < -0.39 is 0 Å². The van der Waals surface area contributed by atoms with Crippen molar-refractivity contribution >= 4 is 5.91 Å². The molecule has 2 aromatic rings. The molecular weight excluding hydrogens is 226 g/mol. The Morgan fingerprint density at radius 3 is 3.00 bits per heavy atom. The van der Waals surface area contributed by atoms with E-state index in [-0.39, 0.29) is 5.91 Å². The maximum absolute atomic E-state index is 12.3. The Morgan fingerprint density at radius 2 is 2.22 bits per heavy atom. The van der Waals surface area contributed by atoms with Crippen molar-refractivity contribution in [3.05, 3.63) is 59.2 Å². The minimum Gasteiger partial charge on any atom is -0.328 e. The van der Waals surface area contributed by atoms with Gasteiger partial charge >= 0.3 is 0 Å². The molecule has 1 aliphatic rings. The molecule has 0 fully saturated rings. The summed E-state index contributed by atoms with van der Waals surface area (Å²) in [7, 11) is 0. The van der Waals surface area contributed by atoms with Crippen molar-refractivity contribution in [3.8, 4) is 0 Å². The summed E-state index contributed by atoms with van der Waals surface area (Å²) in [5, 5.41) is 0. The molecular formula is C14H13N3O. The average molecular weight is 239 g/mol. The third-order valence-electron chi connectivity index (χ3n) is 3.14. The molecule has 0 saturated heterocycles. The van der Waals surface area contributed by atoms with E-state index in [4.69, 9.17) is 0 Å². The van der Waals surface area contributed by atoms with Crippen molar-refractivity contribution in [1.29, 1.82) is 0 Å². The first-order chi connectivity index (χ1) is 8.74. The number of aromatic nitrogens is 2. The SMILES string of the molecule is Cc1cccc(C(=O)N2Cc3cncnc3C2)c1. The number of carbonyl (C=O) groups is 1. The standard InChI is InChI=1S/C14H13N3O/c1-10-3-2-4-11(5-10)14(18)17-7-12-6-15-9-16-13(12)8-17/h2-6,9H,7-8H2,1H3. The highest BCUT2D eigenvalue weighted by Crippen LogP contribution is 2.21. The molecule has 90 valence electrons. The van der Waals surface area contributed by atoms with Crippen LogP contribution >= 0.6 is 0 Å². The van der Waals surface area contributed by atoms with Gasteiger partial charge in [-0.3, -0.25) is 4.79 Å². The van der Waals surface area contributed by atoms with Gasteiger partial charge in [-0.2, -0.15) is 0 Å². The number of carbonyl (C=O) groups excluding carboxylic acids is 1. The molecule has 4 nitrogen and oxygen atoms in total. The first-order valence-corrected chi connectivity index (χ1v) is 5.88. The second-order valence-corrected chi connectivity index (χ2v) is 4.53. The molecule has 0 N–H and O–H groups in total. The van der Waals surface area contributed by atoms with Gasteiger partial charge in [0.15, 0.2) is 0 Å². The van der Waals surface area contributed by atoms with Gasteiger partial charge < -0.3 is 4.90 Å². The summed E-state index contributed by atoms with van der Waals surface area (Å²) < 4.78 is 0. The molecule has 0 bridgehead atoms. The molecule has 1 aromatic carbocycles. The lowest BCUT2D eigenvalue weighted by molar-refractivity contribution is 0.0750. The van der Waals surface area contributed by atoms with Gasteiger partial charge in [-0.15, -0.1) is 0 Å². The summed E-state index contributed by atoms with van der Waals surface area (Å²) >= 11 is 0. The largest absolute Gasteiger partial charge is 0.328 e. The van der Waals surface area contributed by atoms with Gasteiger partial charge in [-0.1, -0.05) is 17.7 Å². The monoisotopic (exact) mass is 239 g/mol. The van der Waals surface area contributed by atoms with E-state index in [9.17, 15) is 4.79 Å². The lowest BCUT2D eigenvalue weighted by Crippen LogP contribution is -2.25. The molecule has 0 radical (unpaired) electrons. The Morgan fingerprint density at radius 1 is 1.33 bits per heavy atom.